The third-order valence-corrected chi connectivity index (χ3v) is 4.50. The van der Waals surface area contributed by atoms with Crippen molar-refractivity contribution in [3.8, 4) is 0 Å². The zero-order valence-corrected chi connectivity index (χ0v) is 11.9. The first-order chi connectivity index (χ1) is 9.63. The first kappa shape index (κ1) is 13.1. The van der Waals surface area contributed by atoms with E-state index in [4.69, 9.17) is 0 Å². The highest BCUT2D eigenvalue weighted by Crippen LogP contribution is 2.32. The average molecular weight is 289 g/mol. The van der Waals surface area contributed by atoms with Gasteiger partial charge in [0.1, 0.15) is 0 Å². The Morgan fingerprint density at radius 2 is 2.40 bits per heavy atom. The molecule has 2 heterocycles. The first-order valence-corrected chi connectivity index (χ1v) is 7.43. The maximum atomic E-state index is 12.0. The molecule has 0 saturated carbocycles. The van der Waals surface area contributed by atoms with Crippen LogP contribution in [0.3, 0.4) is 0 Å². The summed E-state index contributed by atoms with van der Waals surface area (Å²) in [5, 5.41) is 14.8. The van der Waals surface area contributed by atoms with Crippen LogP contribution in [0.1, 0.15) is 34.4 Å². The number of thiazole rings is 1. The van der Waals surface area contributed by atoms with Crippen LogP contribution in [0.2, 0.25) is 0 Å². The van der Waals surface area contributed by atoms with Crippen molar-refractivity contribution in [2.75, 3.05) is 5.32 Å². The summed E-state index contributed by atoms with van der Waals surface area (Å²) >= 11 is 1.51. The van der Waals surface area contributed by atoms with Gasteiger partial charge in [-0.05, 0) is 31.2 Å². The minimum absolute atomic E-state index is 0.0778. The molecule has 3 rings (SSSR count). The van der Waals surface area contributed by atoms with E-state index in [1.165, 1.54) is 28.5 Å². The molecule has 1 aliphatic carbocycles. The molecule has 6 heteroatoms. The molecule has 0 bridgehead atoms. The summed E-state index contributed by atoms with van der Waals surface area (Å²) < 4.78 is 0.560. The number of nitrogens with one attached hydrogen (secondary N) is 1. The molecule has 20 heavy (non-hydrogen) atoms. The number of hydrogen-bond donors (Lipinski definition) is 1. The van der Waals surface area contributed by atoms with Crippen LogP contribution in [0.5, 0.6) is 0 Å². The van der Waals surface area contributed by atoms with E-state index in [1.807, 2.05) is 0 Å². The minimum atomic E-state index is -0.417. The monoisotopic (exact) mass is 289 g/mol. The molecule has 2 aromatic heterocycles. The maximum absolute atomic E-state index is 12.0. The van der Waals surface area contributed by atoms with Crippen molar-refractivity contribution < 1.29 is 9.52 Å². The molecule has 0 aromatic carbocycles. The smallest absolute Gasteiger partial charge is 0.323 e. The molecule has 1 aliphatic rings. The van der Waals surface area contributed by atoms with Gasteiger partial charge < -0.3 is 5.21 Å². The van der Waals surface area contributed by atoms with Crippen molar-refractivity contribution in [2.45, 2.75) is 26.2 Å². The summed E-state index contributed by atoms with van der Waals surface area (Å²) in [5.41, 5.74) is 1.17. The number of nitrogens with zero attached hydrogens (tertiary/aromatic N) is 2. The normalized spacial score (nSPS) is 17.6. The molecule has 0 radical (unpaired) electrons. The van der Waals surface area contributed by atoms with Gasteiger partial charge in [-0.2, -0.15) is 4.73 Å². The number of fused-ring (bicyclic) bond motifs is 1. The van der Waals surface area contributed by atoms with Gasteiger partial charge in [0.05, 0.1) is 5.69 Å². The Morgan fingerprint density at radius 1 is 1.55 bits per heavy atom. The molecule has 1 amide bonds. The highest BCUT2D eigenvalue weighted by molar-refractivity contribution is 7.15. The first-order valence-electron chi connectivity index (χ1n) is 6.61. The van der Waals surface area contributed by atoms with Gasteiger partial charge in [0.25, 0.3) is 5.69 Å². The molecule has 104 valence electrons. The van der Waals surface area contributed by atoms with Gasteiger partial charge in [0.2, 0.25) is 0 Å². The summed E-state index contributed by atoms with van der Waals surface area (Å²) in [5.74, 6) is 0.254. The van der Waals surface area contributed by atoms with Crippen molar-refractivity contribution in [1.82, 2.24) is 4.98 Å². The van der Waals surface area contributed by atoms with Gasteiger partial charge in [-0.1, -0.05) is 6.92 Å². The fourth-order valence-electron chi connectivity index (χ4n) is 2.36. The summed E-state index contributed by atoms with van der Waals surface area (Å²) in [4.78, 5) is 17.8. The molecular formula is C14H15N3O2S. The van der Waals surface area contributed by atoms with Crippen LogP contribution >= 0.6 is 11.3 Å². The summed E-state index contributed by atoms with van der Waals surface area (Å²) in [6.07, 6.45) is 4.44. The van der Waals surface area contributed by atoms with Crippen LogP contribution in [-0.2, 0) is 12.8 Å². The molecule has 0 spiro atoms. The Balaban J connectivity index is 1.79. The van der Waals surface area contributed by atoms with Gasteiger partial charge in [-0.3, -0.25) is 10.1 Å². The molecule has 2 aromatic rings. The highest BCUT2D eigenvalue weighted by Gasteiger charge is 2.22. The van der Waals surface area contributed by atoms with E-state index >= 15 is 0 Å². The van der Waals surface area contributed by atoms with E-state index in [1.54, 1.807) is 12.1 Å². The predicted octanol–water partition coefficient (Wildman–Crippen LogP) is 2.15. The molecule has 0 aliphatic heterocycles. The Bertz CT molecular complexity index is 654. The minimum Gasteiger partial charge on any atom is -0.618 e. The van der Waals surface area contributed by atoms with Crippen LogP contribution in [0, 0.1) is 11.1 Å². The topological polar surface area (TPSA) is 68.9 Å². The standard InChI is InChI=1S/C14H15N3O2S/c1-9-5-6-10-12(8-9)20-14(15-10)16-13(18)11-4-2-3-7-17(11)19/h2-4,7,9H,5-6,8H2,1H3,(H,15,16,18). The quantitative estimate of drug-likeness (QED) is 0.680. The molecule has 1 unspecified atom stereocenters. The number of aryl methyl sites for hydroxylation is 1. The fourth-order valence-corrected chi connectivity index (χ4v) is 3.52. The lowest BCUT2D eigenvalue weighted by Crippen LogP contribution is -2.36. The van der Waals surface area contributed by atoms with E-state index in [-0.39, 0.29) is 5.69 Å². The van der Waals surface area contributed by atoms with Crippen molar-refractivity contribution in [1.29, 1.82) is 0 Å². The lowest BCUT2D eigenvalue weighted by Gasteiger charge is -2.15. The maximum Gasteiger partial charge on any atom is 0.323 e. The van der Waals surface area contributed by atoms with Crippen LogP contribution < -0.4 is 10.0 Å². The summed E-state index contributed by atoms with van der Waals surface area (Å²) in [6, 6.07) is 4.75. The second-order valence-electron chi connectivity index (χ2n) is 5.10. The third kappa shape index (κ3) is 2.51. The van der Waals surface area contributed by atoms with E-state index in [9.17, 15) is 10.0 Å². The van der Waals surface area contributed by atoms with Crippen LogP contribution in [0.15, 0.2) is 24.4 Å². The largest absolute Gasteiger partial charge is 0.618 e. The summed E-state index contributed by atoms with van der Waals surface area (Å²) in [6.45, 7) is 2.23. The second-order valence-corrected chi connectivity index (χ2v) is 6.19. The molecule has 1 atom stereocenters. The molecular weight excluding hydrogens is 274 g/mol. The van der Waals surface area contributed by atoms with Gasteiger partial charge in [-0.15, -0.1) is 11.3 Å². The van der Waals surface area contributed by atoms with Gasteiger partial charge in [0, 0.05) is 17.0 Å². The number of rotatable bonds is 2. The molecule has 0 fully saturated rings. The molecule has 1 N–H and O–H groups in total. The van der Waals surface area contributed by atoms with E-state index in [0.29, 0.717) is 15.8 Å². The predicted molar refractivity (Wildman–Crippen MR) is 76.7 cm³/mol. The van der Waals surface area contributed by atoms with Crippen LogP contribution in [-0.4, -0.2) is 10.9 Å². The van der Waals surface area contributed by atoms with Crippen molar-refractivity contribution in [3.05, 3.63) is 45.9 Å². The van der Waals surface area contributed by atoms with E-state index in [2.05, 4.69) is 17.2 Å². The van der Waals surface area contributed by atoms with Crippen molar-refractivity contribution in [2.24, 2.45) is 5.92 Å². The van der Waals surface area contributed by atoms with E-state index in [0.717, 1.165) is 25.0 Å². The van der Waals surface area contributed by atoms with E-state index < -0.39 is 5.91 Å². The zero-order chi connectivity index (χ0) is 14.1. The van der Waals surface area contributed by atoms with Gasteiger partial charge in [-0.25, -0.2) is 4.98 Å². The number of carbonyl (C=O) groups is 1. The number of anilines is 1. The third-order valence-electron chi connectivity index (χ3n) is 3.46. The number of carbonyl (C=O) groups excluding carboxylic acids is 1. The number of amides is 1. The van der Waals surface area contributed by atoms with Crippen LogP contribution in [0.4, 0.5) is 5.13 Å². The second kappa shape index (κ2) is 5.20. The highest BCUT2D eigenvalue weighted by atomic mass is 32.1. The lowest BCUT2D eigenvalue weighted by molar-refractivity contribution is -0.607. The average Bonchev–Trinajstić information content (AvgIpc) is 2.80. The van der Waals surface area contributed by atoms with Gasteiger partial charge >= 0.3 is 5.91 Å². The molecule has 5 nitrogen and oxygen atoms in total. The summed E-state index contributed by atoms with van der Waals surface area (Å²) in [7, 11) is 0. The number of pyridine rings is 1. The number of aromatic nitrogens is 2. The van der Waals surface area contributed by atoms with Crippen LogP contribution in [0.25, 0.3) is 0 Å². The fraction of sp³-hybridized carbons (Fsp3) is 0.357. The number of hydrogen-bond acceptors (Lipinski definition) is 4. The van der Waals surface area contributed by atoms with Crippen molar-refractivity contribution in [3.63, 3.8) is 0 Å². The van der Waals surface area contributed by atoms with Gasteiger partial charge in [0.15, 0.2) is 11.3 Å². The zero-order valence-electron chi connectivity index (χ0n) is 11.1. The SMILES string of the molecule is CC1CCc2nc(NC(=O)c3cccc[n+]3[O-])sc2C1. The Morgan fingerprint density at radius 3 is 3.20 bits per heavy atom. The Kier molecular flexibility index (Phi) is 3.40. The lowest BCUT2D eigenvalue weighted by atomic mass is 9.93. The Labute approximate surface area is 120 Å². The van der Waals surface area contributed by atoms with Crippen molar-refractivity contribution >= 4 is 22.4 Å². The molecule has 0 saturated heterocycles. The Hall–Kier alpha value is -1.95.